The molecule has 0 aliphatic carbocycles. The maximum atomic E-state index is 13.4. The molecule has 0 atom stereocenters. The van der Waals surface area contributed by atoms with E-state index in [1.54, 1.807) is 42.6 Å². The van der Waals surface area contributed by atoms with Gasteiger partial charge in [0.25, 0.3) is 11.8 Å². The summed E-state index contributed by atoms with van der Waals surface area (Å²) in [4.78, 5) is 29.5. The van der Waals surface area contributed by atoms with E-state index in [0.29, 0.717) is 17.0 Å². The highest BCUT2D eigenvalue weighted by molar-refractivity contribution is 6.06. The summed E-state index contributed by atoms with van der Waals surface area (Å²) in [6, 6.07) is 14.1. The predicted octanol–water partition coefficient (Wildman–Crippen LogP) is 3.25. The largest absolute Gasteiger partial charge is 0.467 e. The molecule has 7 nitrogen and oxygen atoms in total. The number of pyridine rings is 1. The number of rotatable bonds is 5. The normalized spacial score (nSPS) is 10.8. The Hall–Kier alpha value is -3.94. The van der Waals surface area contributed by atoms with Crippen molar-refractivity contribution in [2.24, 2.45) is 0 Å². The molecule has 0 saturated heterocycles. The first-order chi connectivity index (χ1) is 13.6. The number of carbonyl (C=O) groups is 2. The molecule has 140 valence electrons. The number of aromatic nitrogens is 2. The van der Waals surface area contributed by atoms with Crippen LogP contribution in [0.3, 0.4) is 0 Å². The van der Waals surface area contributed by atoms with E-state index in [2.05, 4.69) is 15.6 Å². The number of halogens is 1. The van der Waals surface area contributed by atoms with Crippen molar-refractivity contribution in [1.29, 1.82) is 0 Å². The van der Waals surface area contributed by atoms with Gasteiger partial charge in [-0.2, -0.15) is 0 Å². The van der Waals surface area contributed by atoms with E-state index in [4.69, 9.17) is 4.42 Å². The Bertz CT molecular complexity index is 1150. The Labute approximate surface area is 158 Å². The fraction of sp³-hybridized carbons (Fsp3) is 0.0500. The van der Waals surface area contributed by atoms with Gasteiger partial charge in [-0.25, -0.2) is 9.37 Å². The Balaban J connectivity index is 1.62. The molecule has 3 aromatic heterocycles. The second kappa shape index (κ2) is 7.36. The second-order valence-corrected chi connectivity index (χ2v) is 5.97. The molecule has 0 radical (unpaired) electrons. The van der Waals surface area contributed by atoms with Crippen molar-refractivity contribution in [3.8, 4) is 0 Å². The number of imidazole rings is 1. The van der Waals surface area contributed by atoms with Crippen molar-refractivity contribution in [2.45, 2.75) is 6.54 Å². The number of fused-ring (bicyclic) bond motifs is 1. The molecule has 1 aromatic carbocycles. The topological polar surface area (TPSA) is 88.6 Å². The van der Waals surface area contributed by atoms with E-state index in [1.807, 2.05) is 0 Å². The van der Waals surface area contributed by atoms with Gasteiger partial charge >= 0.3 is 0 Å². The van der Waals surface area contributed by atoms with Crippen molar-refractivity contribution in [1.82, 2.24) is 14.7 Å². The molecule has 0 bridgehead atoms. The highest BCUT2D eigenvalue weighted by Crippen LogP contribution is 2.16. The molecular weight excluding hydrogens is 363 g/mol. The van der Waals surface area contributed by atoms with Crippen LogP contribution in [0.5, 0.6) is 0 Å². The minimum atomic E-state index is -0.558. The van der Waals surface area contributed by atoms with E-state index in [1.165, 1.54) is 28.9 Å². The average Bonchev–Trinajstić information content (AvgIpc) is 3.34. The lowest BCUT2D eigenvalue weighted by molar-refractivity contribution is 0.0945. The summed E-state index contributed by atoms with van der Waals surface area (Å²) in [6.45, 7) is 0.197. The van der Waals surface area contributed by atoms with Crippen molar-refractivity contribution in [2.75, 3.05) is 5.32 Å². The SMILES string of the molecule is O=C(NCc1ccco1)c1nc(C(=O)Nc2cccc(F)c2)n2ccccc12. The molecule has 0 spiro atoms. The van der Waals surface area contributed by atoms with Crippen LogP contribution in [0.25, 0.3) is 5.52 Å². The minimum Gasteiger partial charge on any atom is -0.467 e. The fourth-order valence-electron chi connectivity index (χ4n) is 2.78. The van der Waals surface area contributed by atoms with Gasteiger partial charge in [0.05, 0.1) is 18.3 Å². The number of nitrogens with zero attached hydrogens (tertiary/aromatic N) is 2. The predicted molar refractivity (Wildman–Crippen MR) is 99.4 cm³/mol. The standard InChI is InChI=1S/C20H15FN4O3/c21-13-5-3-6-14(11-13)23-20(27)18-24-17(16-8-1-2-9-25(16)18)19(26)22-12-15-7-4-10-28-15/h1-11H,12H2,(H,22,26)(H,23,27). The monoisotopic (exact) mass is 378 g/mol. The van der Waals surface area contributed by atoms with Gasteiger partial charge in [0.15, 0.2) is 5.69 Å². The number of hydrogen-bond acceptors (Lipinski definition) is 4. The van der Waals surface area contributed by atoms with Crippen LogP contribution in [0.2, 0.25) is 0 Å². The lowest BCUT2D eigenvalue weighted by Crippen LogP contribution is -2.23. The highest BCUT2D eigenvalue weighted by atomic mass is 19.1. The lowest BCUT2D eigenvalue weighted by atomic mass is 10.3. The van der Waals surface area contributed by atoms with Gasteiger partial charge in [0, 0.05) is 11.9 Å². The first kappa shape index (κ1) is 17.5. The van der Waals surface area contributed by atoms with Crippen molar-refractivity contribution in [3.63, 3.8) is 0 Å². The van der Waals surface area contributed by atoms with Crippen LogP contribution < -0.4 is 10.6 Å². The summed E-state index contributed by atoms with van der Waals surface area (Å²) in [5, 5.41) is 5.30. The number of nitrogens with one attached hydrogen (secondary N) is 2. The third-order valence-electron chi connectivity index (χ3n) is 4.05. The van der Waals surface area contributed by atoms with E-state index in [-0.39, 0.29) is 18.1 Å². The number of furan rings is 1. The van der Waals surface area contributed by atoms with Gasteiger partial charge in [-0.05, 0) is 42.5 Å². The Morgan fingerprint density at radius 3 is 2.75 bits per heavy atom. The number of anilines is 1. The van der Waals surface area contributed by atoms with Gasteiger partial charge in [-0.3, -0.25) is 14.0 Å². The molecule has 0 saturated carbocycles. The van der Waals surface area contributed by atoms with Gasteiger partial charge in [0.1, 0.15) is 11.6 Å². The maximum absolute atomic E-state index is 13.4. The molecule has 28 heavy (non-hydrogen) atoms. The number of benzene rings is 1. The molecule has 2 N–H and O–H groups in total. The maximum Gasteiger partial charge on any atom is 0.292 e. The van der Waals surface area contributed by atoms with E-state index < -0.39 is 17.6 Å². The summed E-state index contributed by atoms with van der Waals surface area (Å²) < 4.78 is 20.1. The molecule has 0 fully saturated rings. The van der Waals surface area contributed by atoms with Crippen LogP contribution in [0, 0.1) is 5.82 Å². The fourth-order valence-corrected chi connectivity index (χ4v) is 2.78. The first-order valence-electron chi connectivity index (χ1n) is 8.46. The molecule has 8 heteroatoms. The number of hydrogen-bond donors (Lipinski definition) is 2. The molecule has 0 unspecified atom stereocenters. The second-order valence-electron chi connectivity index (χ2n) is 5.97. The molecule has 0 aliphatic rings. The summed E-state index contributed by atoms with van der Waals surface area (Å²) in [7, 11) is 0. The summed E-state index contributed by atoms with van der Waals surface area (Å²) in [5.74, 6) is -0.852. The Morgan fingerprint density at radius 2 is 1.96 bits per heavy atom. The zero-order valence-electron chi connectivity index (χ0n) is 14.6. The summed E-state index contributed by atoms with van der Waals surface area (Å²) >= 11 is 0. The highest BCUT2D eigenvalue weighted by Gasteiger charge is 2.21. The third-order valence-corrected chi connectivity index (χ3v) is 4.05. The molecule has 3 heterocycles. The Kier molecular flexibility index (Phi) is 4.59. The molecule has 2 amide bonds. The molecule has 4 aromatic rings. The van der Waals surface area contributed by atoms with Gasteiger partial charge in [-0.15, -0.1) is 0 Å². The molecule has 4 rings (SSSR count). The quantitative estimate of drug-likeness (QED) is 0.558. The van der Waals surface area contributed by atoms with Crippen LogP contribution >= 0.6 is 0 Å². The lowest BCUT2D eigenvalue weighted by Gasteiger charge is -2.04. The van der Waals surface area contributed by atoms with E-state index in [9.17, 15) is 14.0 Å². The molecule has 0 aliphatic heterocycles. The van der Waals surface area contributed by atoms with Crippen LogP contribution in [-0.2, 0) is 6.54 Å². The van der Waals surface area contributed by atoms with Gasteiger partial charge < -0.3 is 15.1 Å². The summed E-state index contributed by atoms with van der Waals surface area (Å²) in [6.07, 6.45) is 3.15. The zero-order valence-corrected chi connectivity index (χ0v) is 14.6. The van der Waals surface area contributed by atoms with Gasteiger partial charge in [0.2, 0.25) is 5.82 Å². The summed E-state index contributed by atoms with van der Waals surface area (Å²) in [5.41, 5.74) is 0.877. The Morgan fingerprint density at radius 1 is 1.07 bits per heavy atom. The van der Waals surface area contributed by atoms with Gasteiger partial charge in [-0.1, -0.05) is 12.1 Å². The van der Waals surface area contributed by atoms with E-state index >= 15 is 0 Å². The van der Waals surface area contributed by atoms with Crippen LogP contribution in [0.4, 0.5) is 10.1 Å². The van der Waals surface area contributed by atoms with Crippen molar-refractivity contribution >= 4 is 23.0 Å². The average molecular weight is 378 g/mol. The minimum absolute atomic E-state index is 0.0167. The first-order valence-corrected chi connectivity index (χ1v) is 8.46. The van der Waals surface area contributed by atoms with Crippen LogP contribution in [-0.4, -0.2) is 21.2 Å². The third kappa shape index (κ3) is 3.48. The zero-order chi connectivity index (χ0) is 19.5. The molecular formula is C20H15FN4O3. The number of carbonyl (C=O) groups excluding carboxylic acids is 2. The number of amides is 2. The van der Waals surface area contributed by atoms with Crippen LogP contribution in [0.1, 0.15) is 26.9 Å². The smallest absolute Gasteiger partial charge is 0.292 e. The van der Waals surface area contributed by atoms with Crippen molar-refractivity contribution in [3.05, 3.63) is 90.2 Å². The van der Waals surface area contributed by atoms with Crippen LogP contribution in [0.15, 0.2) is 71.5 Å². The van der Waals surface area contributed by atoms with E-state index in [0.717, 1.165) is 0 Å². The van der Waals surface area contributed by atoms with Crippen molar-refractivity contribution < 1.29 is 18.4 Å².